The summed E-state index contributed by atoms with van der Waals surface area (Å²) in [6.07, 6.45) is 36.9. The molecule has 0 aliphatic carbocycles. The Morgan fingerprint density at radius 3 is 1.04 bits per heavy atom. The fourth-order valence-electron chi connectivity index (χ4n) is 6.70. The minimum atomic E-state index is -4.40. The molecule has 0 fully saturated rings. The lowest BCUT2D eigenvalue weighted by Gasteiger charge is -2.24. The van der Waals surface area contributed by atoms with E-state index in [2.05, 4.69) is 19.2 Å². The van der Waals surface area contributed by atoms with Crippen LogP contribution in [0.25, 0.3) is 0 Å². The molecule has 1 amide bonds. The highest BCUT2D eigenvalue weighted by Crippen LogP contribution is 2.17. The van der Waals surface area contributed by atoms with E-state index in [4.69, 9.17) is 0 Å². The summed E-state index contributed by atoms with van der Waals surface area (Å²) >= 11 is 0. The van der Waals surface area contributed by atoms with Crippen LogP contribution in [0.15, 0.2) is 0 Å². The zero-order chi connectivity index (χ0) is 35.6. The van der Waals surface area contributed by atoms with Gasteiger partial charge in [-0.25, -0.2) is 0 Å². The second kappa shape index (κ2) is 34.7. The fraction of sp³-hybridized carbons (Fsp3) is 0.975. The van der Waals surface area contributed by atoms with E-state index in [0.29, 0.717) is 12.8 Å². The summed E-state index contributed by atoms with van der Waals surface area (Å²) < 4.78 is 32.6. The normalized spacial score (nSPS) is 13.9. The number of carbonyl (C=O) groups is 1. The average molecular weight is 704 g/mol. The molecule has 7 nitrogen and oxygen atoms in total. The minimum absolute atomic E-state index is 0.303. The molecule has 0 radical (unpaired) electrons. The summed E-state index contributed by atoms with van der Waals surface area (Å²) in [4.78, 5) is 12.6. The number of carbonyl (C=O) groups excluding carboxylic acids is 1. The van der Waals surface area contributed by atoms with Gasteiger partial charge >= 0.3 is 0 Å². The molecule has 48 heavy (non-hydrogen) atoms. The molecular weight excluding hydrogens is 623 g/mol. The van der Waals surface area contributed by atoms with Crippen molar-refractivity contribution in [2.75, 3.05) is 5.75 Å². The second-order valence-electron chi connectivity index (χ2n) is 14.8. The van der Waals surface area contributed by atoms with Crippen molar-refractivity contribution in [2.45, 2.75) is 244 Å². The summed E-state index contributed by atoms with van der Waals surface area (Å²) in [5, 5.41) is 23.5. The Labute approximate surface area is 298 Å². The smallest absolute Gasteiger partial charge is 0.266 e. The SMILES string of the molecule is CCCCCCCCCCCCCCCCCCCCC(O)C(CS(=O)(=O)O)NC(=O)C(O)CCCCCCCCCCCCCCC. The van der Waals surface area contributed by atoms with E-state index in [9.17, 15) is 28.0 Å². The highest BCUT2D eigenvalue weighted by atomic mass is 32.2. The third kappa shape index (κ3) is 33.8. The Bertz CT molecular complexity index is 793. The zero-order valence-corrected chi connectivity index (χ0v) is 32.6. The van der Waals surface area contributed by atoms with E-state index in [1.54, 1.807) is 0 Å². The third-order valence-corrected chi connectivity index (χ3v) is 10.7. The van der Waals surface area contributed by atoms with Crippen LogP contribution in [0.1, 0.15) is 226 Å². The number of nitrogens with one attached hydrogen (secondary N) is 1. The predicted molar refractivity (Wildman–Crippen MR) is 204 cm³/mol. The van der Waals surface area contributed by atoms with Crippen LogP contribution in [0.5, 0.6) is 0 Å². The molecule has 3 atom stereocenters. The van der Waals surface area contributed by atoms with Crippen LogP contribution in [-0.2, 0) is 14.9 Å². The average Bonchev–Trinajstić information content (AvgIpc) is 3.05. The van der Waals surface area contributed by atoms with Crippen LogP contribution in [0.3, 0.4) is 0 Å². The number of unbranched alkanes of at least 4 members (excludes halogenated alkanes) is 29. The number of aliphatic hydroxyl groups excluding tert-OH is 2. The molecule has 4 N–H and O–H groups in total. The van der Waals surface area contributed by atoms with Gasteiger partial charge in [0, 0.05) is 0 Å². The number of aliphatic hydroxyl groups is 2. The lowest BCUT2D eigenvalue weighted by molar-refractivity contribution is -0.131. The number of hydrogen-bond donors (Lipinski definition) is 4. The first kappa shape index (κ1) is 47.3. The Morgan fingerprint density at radius 2 is 0.750 bits per heavy atom. The number of rotatable bonds is 38. The summed E-state index contributed by atoms with van der Waals surface area (Å²) in [7, 11) is -4.40. The van der Waals surface area contributed by atoms with Gasteiger partial charge in [0.2, 0.25) is 5.91 Å². The molecule has 0 aliphatic rings. The summed E-state index contributed by atoms with van der Waals surface area (Å²) in [5.41, 5.74) is 0. The van der Waals surface area contributed by atoms with Crippen LogP contribution in [0.4, 0.5) is 0 Å². The van der Waals surface area contributed by atoms with Gasteiger partial charge < -0.3 is 15.5 Å². The summed E-state index contributed by atoms with van der Waals surface area (Å²) in [6.45, 7) is 4.51. The van der Waals surface area contributed by atoms with Gasteiger partial charge in [0.25, 0.3) is 10.1 Å². The molecule has 8 heteroatoms. The maximum absolute atomic E-state index is 12.6. The molecule has 0 rings (SSSR count). The van der Waals surface area contributed by atoms with Gasteiger partial charge in [-0.05, 0) is 12.8 Å². The van der Waals surface area contributed by atoms with E-state index in [-0.39, 0.29) is 0 Å². The van der Waals surface area contributed by atoms with Crippen LogP contribution in [-0.4, -0.2) is 53.1 Å². The van der Waals surface area contributed by atoms with E-state index in [1.165, 1.54) is 154 Å². The summed E-state index contributed by atoms with van der Waals surface area (Å²) in [5.74, 6) is -1.44. The molecule has 0 spiro atoms. The van der Waals surface area contributed by atoms with Crippen molar-refractivity contribution >= 4 is 16.0 Å². The van der Waals surface area contributed by atoms with Crippen LogP contribution in [0.2, 0.25) is 0 Å². The van der Waals surface area contributed by atoms with Crippen molar-refractivity contribution in [2.24, 2.45) is 0 Å². The Kier molecular flexibility index (Phi) is 34.2. The molecule has 0 aromatic heterocycles. The zero-order valence-electron chi connectivity index (χ0n) is 31.7. The van der Waals surface area contributed by atoms with E-state index in [1.807, 2.05) is 0 Å². The molecule has 288 valence electrons. The first-order valence-electron chi connectivity index (χ1n) is 20.8. The third-order valence-electron chi connectivity index (χ3n) is 9.92. The molecule has 0 saturated heterocycles. The first-order valence-corrected chi connectivity index (χ1v) is 22.4. The van der Waals surface area contributed by atoms with Crippen molar-refractivity contribution < 1.29 is 28.0 Å². The first-order chi connectivity index (χ1) is 23.2. The molecule has 0 saturated carbocycles. The number of amides is 1. The van der Waals surface area contributed by atoms with Gasteiger partial charge in [-0.2, -0.15) is 8.42 Å². The Hall–Kier alpha value is -0.700. The van der Waals surface area contributed by atoms with Crippen LogP contribution < -0.4 is 5.32 Å². The van der Waals surface area contributed by atoms with E-state index < -0.39 is 40.0 Å². The van der Waals surface area contributed by atoms with Gasteiger partial charge in [0.15, 0.2) is 0 Å². The molecule has 0 heterocycles. The predicted octanol–water partition coefficient (Wildman–Crippen LogP) is 11.0. The van der Waals surface area contributed by atoms with E-state index >= 15 is 0 Å². The maximum atomic E-state index is 12.6. The van der Waals surface area contributed by atoms with E-state index in [0.717, 1.165) is 44.9 Å². The monoisotopic (exact) mass is 704 g/mol. The largest absolute Gasteiger partial charge is 0.391 e. The Balaban J connectivity index is 3.93. The maximum Gasteiger partial charge on any atom is 0.266 e. The highest BCUT2D eigenvalue weighted by Gasteiger charge is 2.28. The van der Waals surface area contributed by atoms with Crippen molar-refractivity contribution in [3.63, 3.8) is 0 Å². The van der Waals surface area contributed by atoms with Gasteiger partial charge in [-0.1, -0.05) is 213 Å². The quantitative estimate of drug-likeness (QED) is 0.0375. The minimum Gasteiger partial charge on any atom is -0.391 e. The fourth-order valence-corrected chi connectivity index (χ4v) is 7.46. The van der Waals surface area contributed by atoms with Gasteiger partial charge in [-0.3, -0.25) is 9.35 Å². The van der Waals surface area contributed by atoms with Gasteiger partial charge in [0.05, 0.1) is 17.9 Å². The highest BCUT2D eigenvalue weighted by molar-refractivity contribution is 7.85. The molecule has 0 aliphatic heterocycles. The lowest BCUT2D eigenvalue weighted by Crippen LogP contribution is -2.50. The molecule has 0 aromatic carbocycles. The van der Waals surface area contributed by atoms with Crippen LogP contribution in [0, 0.1) is 0 Å². The van der Waals surface area contributed by atoms with Crippen LogP contribution >= 0.6 is 0 Å². The molecule has 0 aromatic rings. The van der Waals surface area contributed by atoms with Crippen molar-refractivity contribution in [3.8, 4) is 0 Å². The lowest BCUT2D eigenvalue weighted by atomic mass is 10.0. The number of hydrogen-bond acceptors (Lipinski definition) is 5. The van der Waals surface area contributed by atoms with Crippen molar-refractivity contribution in [1.29, 1.82) is 0 Å². The molecule has 3 unspecified atom stereocenters. The Morgan fingerprint density at radius 1 is 0.479 bits per heavy atom. The standard InChI is InChI=1S/C40H81NO6S/c1-3-5-7-9-11-13-15-17-18-19-20-21-23-24-26-28-30-32-34-38(42)37(36-48(45,46)47)41-40(44)39(43)35-33-31-29-27-25-22-16-14-12-10-8-6-4-2/h37-39,42-43H,3-36H2,1-2H3,(H,41,44)(H,45,46,47). The van der Waals surface area contributed by atoms with Gasteiger partial charge in [0.1, 0.15) is 6.10 Å². The van der Waals surface area contributed by atoms with Crippen molar-refractivity contribution in [3.05, 3.63) is 0 Å². The topological polar surface area (TPSA) is 124 Å². The molecule has 0 bridgehead atoms. The van der Waals surface area contributed by atoms with Crippen molar-refractivity contribution in [1.82, 2.24) is 5.32 Å². The van der Waals surface area contributed by atoms with Gasteiger partial charge in [-0.15, -0.1) is 0 Å². The second-order valence-corrected chi connectivity index (χ2v) is 16.3. The molecular formula is C40H81NO6S. The summed E-state index contributed by atoms with van der Waals surface area (Å²) in [6, 6.07) is -1.14.